The lowest BCUT2D eigenvalue weighted by Gasteiger charge is -2.01. The van der Waals surface area contributed by atoms with Crippen LogP contribution in [0.15, 0.2) is 59.1 Å². The zero-order chi connectivity index (χ0) is 18.3. The largest absolute Gasteiger partial charge is 0.493 e. The Morgan fingerprint density at radius 2 is 1.85 bits per heavy atom. The van der Waals surface area contributed by atoms with E-state index in [9.17, 15) is 9.59 Å². The van der Waals surface area contributed by atoms with E-state index in [1.807, 2.05) is 12.1 Å². The maximum atomic E-state index is 13.0. The molecule has 6 nitrogen and oxygen atoms in total. The minimum Gasteiger partial charge on any atom is -0.493 e. The van der Waals surface area contributed by atoms with Gasteiger partial charge < -0.3 is 13.9 Å². The fourth-order valence-corrected chi connectivity index (χ4v) is 3.04. The van der Waals surface area contributed by atoms with Crippen molar-refractivity contribution in [2.24, 2.45) is 0 Å². The highest BCUT2D eigenvalue weighted by Crippen LogP contribution is 2.30. The minimum absolute atomic E-state index is 0.154. The summed E-state index contributed by atoms with van der Waals surface area (Å²) >= 11 is 0. The smallest absolute Gasteiger partial charge is 0.340 e. The van der Waals surface area contributed by atoms with Crippen LogP contribution in [0.4, 0.5) is 0 Å². The molecule has 2 aromatic heterocycles. The molecule has 2 heterocycles. The van der Waals surface area contributed by atoms with E-state index in [1.54, 1.807) is 43.5 Å². The average molecular weight is 349 g/mol. The fourth-order valence-electron chi connectivity index (χ4n) is 3.04. The quantitative estimate of drug-likeness (QED) is 0.525. The van der Waals surface area contributed by atoms with Crippen molar-refractivity contribution < 1.29 is 23.5 Å². The molecule has 0 aliphatic carbocycles. The molecule has 0 aliphatic heterocycles. The number of rotatable bonds is 3. The van der Waals surface area contributed by atoms with Crippen LogP contribution >= 0.6 is 0 Å². The number of methoxy groups -OCH3 is 2. The first kappa shape index (κ1) is 16.0. The molecule has 0 atom stereocenters. The van der Waals surface area contributed by atoms with Gasteiger partial charge in [-0.05, 0) is 18.2 Å². The van der Waals surface area contributed by atoms with E-state index in [2.05, 4.69) is 0 Å². The molecule has 0 aliphatic rings. The van der Waals surface area contributed by atoms with Gasteiger partial charge in [-0.2, -0.15) is 0 Å². The Hall–Kier alpha value is -3.54. The molecule has 0 bridgehead atoms. The standard InChI is InChI=1S/C20H15NO5/c1-24-16-9-5-6-12-10-17(26-18(12)16)19(22)21-11-14(20(23)25-2)13-7-3-4-8-15(13)21/h3-11H,1-2H3. The molecular weight excluding hydrogens is 334 g/mol. The van der Waals surface area contributed by atoms with Crippen LogP contribution < -0.4 is 4.74 Å². The van der Waals surface area contributed by atoms with Crippen molar-refractivity contribution in [3.8, 4) is 5.75 Å². The van der Waals surface area contributed by atoms with E-state index >= 15 is 0 Å². The zero-order valence-corrected chi connectivity index (χ0v) is 14.2. The summed E-state index contributed by atoms with van der Waals surface area (Å²) in [6.45, 7) is 0. The molecule has 4 aromatic rings. The van der Waals surface area contributed by atoms with Crippen molar-refractivity contribution in [1.82, 2.24) is 4.57 Å². The molecule has 4 rings (SSSR count). The fraction of sp³-hybridized carbons (Fsp3) is 0.100. The monoisotopic (exact) mass is 349 g/mol. The van der Waals surface area contributed by atoms with Gasteiger partial charge >= 0.3 is 5.97 Å². The summed E-state index contributed by atoms with van der Waals surface area (Å²) in [5.41, 5.74) is 1.43. The van der Waals surface area contributed by atoms with Gasteiger partial charge in [-0.25, -0.2) is 4.79 Å². The summed E-state index contributed by atoms with van der Waals surface area (Å²) in [7, 11) is 2.85. The SMILES string of the molecule is COC(=O)c1cn(C(=O)c2cc3cccc(OC)c3o2)c2ccccc12. The van der Waals surface area contributed by atoms with Gasteiger partial charge in [0, 0.05) is 17.0 Å². The first-order valence-electron chi connectivity index (χ1n) is 7.93. The highest BCUT2D eigenvalue weighted by atomic mass is 16.5. The molecular formula is C20H15NO5. The number of benzene rings is 2. The molecule has 0 unspecified atom stereocenters. The number of nitrogens with zero attached hydrogens (tertiary/aromatic N) is 1. The predicted octanol–water partition coefficient (Wildman–Crippen LogP) is 3.87. The van der Waals surface area contributed by atoms with E-state index in [-0.39, 0.29) is 11.7 Å². The zero-order valence-electron chi connectivity index (χ0n) is 14.2. The second kappa shape index (κ2) is 6.07. The van der Waals surface area contributed by atoms with Crippen molar-refractivity contribution in [1.29, 1.82) is 0 Å². The Bertz CT molecular complexity index is 1150. The number of carbonyl (C=O) groups is 2. The van der Waals surface area contributed by atoms with E-state index in [4.69, 9.17) is 13.9 Å². The highest BCUT2D eigenvalue weighted by molar-refractivity contribution is 6.10. The van der Waals surface area contributed by atoms with Crippen LogP contribution in [0.3, 0.4) is 0 Å². The van der Waals surface area contributed by atoms with Crippen LogP contribution in [0.5, 0.6) is 5.75 Å². The van der Waals surface area contributed by atoms with Crippen LogP contribution in [0.1, 0.15) is 20.9 Å². The summed E-state index contributed by atoms with van der Waals surface area (Å²) in [6.07, 6.45) is 1.48. The van der Waals surface area contributed by atoms with E-state index < -0.39 is 5.97 Å². The van der Waals surface area contributed by atoms with Gasteiger partial charge in [0.05, 0.1) is 25.3 Å². The van der Waals surface area contributed by atoms with Crippen molar-refractivity contribution in [3.05, 3.63) is 66.1 Å². The second-order valence-electron chi connectivity index (χ2n) is 5.72. The molecule has 130 valence electrons. The van der Waals surface area contributed by atoms with E-state index in [1.165, 1.54) is 17.9 Å². The first-order chi connectivity index (χ1) is 12.6. The van der Waals surface area contributed by atoms with Gasteiger partial charge in [0.25, 0.3) is 5.91 Å². The van der Waals surface area contributed by atoms with Crippen molar-refractivity contribution >= 4 is 33.7 Å². The Kier molecular flexibility index (Phi) is 3.73. The number of hydrogen-bond acceptors (Lipinski definition) is 5. The lowest BCUT2D eigenvalue weighted by Crippen LogP contribution is -2.10. The third-order valence-corrected chi connectivity index (χ3v) is 4.27. The number of ether oxygens (including phenoxy) is 2. The Labute approximate surface area is 148 Å². The highest BCUT2D eigenvalue weighted by Gasteiger charge is 2.22. The summed E-state index contributed by atoms with van der Waals surface area (Å²) in [5, 5.41) is 1.40. The summed E-state index contributed by atoms with van der Waals surface area (Å²) < 4.78 is 17.2. The van der Waals surface area contributed by atoms with Crippen molar-refractivity contribution in [3.63, 3.8) is 0 Å². The molecule has 0 saturated carbocycles. The van der Waals surface area contributed by atoms with Crippen LogP contribution in [0.25, 0.3) is 21.9 Å². The average Bonchev–Trinajstić information content (AvgIpc) is 3.28. The van der Waals surface area contributed by atoms with Gasteiger partial charge in [0.2, 0.25) is 0 Å². The molecule has 0 radical (unpaired) electrons. The number of para-hydroxylation sites is 2. The number of hydrogen-bond donors (Lipinski definition) is 0. The number of furan rings is 1. The molecule has 26 heavy (non-hydrogen) atoms. The summed E-state index contributed by atoms with van der Waals surface area (Å²) in [5.74, 6) is -0.176. The van der Waals surface area contributed by atoms with Gasteiger partial charge in [0.15, 0.2) is 17.1 Å². The molecule has 0 spiro atoms. The second-order valence-corrected chi connectivity index (χ2v) is 5.72. The Morgan fingerprint density at radius 1 is 1.04 bits per heavy atom. The van der Waals surface area contributed by atoms with Gasteiger partial charge in [-0.1, -0.05) is 30.3 Å². The van der Waals surface area contributed by atoms with Crippen LogP contribution in [0.2, 0.25) is 0 Å². The number of aromatic nitrogens is 1. The molecule has 0 fully saturated rings. The molecule has 0 N–H and O–H groups in total. The number of esters is 1. The topological polar surface area (TPSA) is 70.7 Å². The molecule has 2 aromatic carbocycles. The maximum absolute atomic E-state index is 13.0. The summed E-state index contributed by atoms with van der Waals surface area (Å²) in [4.78, 5) is 25.1. The van der Waals surface area contributed by atoms with E-state index in [0.29, 0.717) is 27.8 Å². The Balaban J connectivity index is 1.88. The summed E-state index contributed by atoms with van der Waals surface area (Å²) in [6, 6.07) is 14.2. The normalized spacial score (nSPS) is 11.0. The maximum Gasteiger partial charge on any atom is 0.340 e. The number of fused-ring (bicyclic) bond motifs is 2. The van der Waals surface area contributed by atoms with Crippen molar-refractivity contribution in [2.75, 3.05) is 14.2 Å². The third-order valence-electron chi connectivity index (χ3n) is 4.27. The van der Waals surface area contributed by atoms with Gasteiger partial charge in [-0.15, -0.1) is 0 Å². The van der Waals surface area contributed by atoms with Crippen LogP contribution in [-0.2, 0) is 4.74 Å². The van der Waals surface area contributed by atoms with Crippen LogP contribution in [0, 0.1) is 0 Å². The lowest BCUT2D eigenvalue weighted by molar-refractivity contribution is 0.0603. The third kappa shape index (κ3) is 2.35. The molecule has 6 heteroatoms. The predicted molar refractivity (Wildman–Crippen MR) is 95.8 cm³/mol. The first-order valence-corrected chi connectivity index (χ1v) is 7.93. The lowest BCUT2D eigenvalue weighted by atomic mass is 10.2. The Morgan fingerprint density at radius 3 is 2.62 bits per heavy atom. The molecule has 0 saturated heterocycles. The molecule has 0 amide bonds. The van der Waals surface area contributed by atoms with Crippen molar-refractivity contribution in [2.45, 2.75) is 0 Å². The minimum atomic E-state index is -0.501. The van der Waals surface area contributed by atoms with E-state index in [0.717, 1.165) is 5.39 Å². The van der Waals surface area contributed by atoms with Gasteiger partial charge in [0.1, 0.15) is 0 Å². The number of carbonyl (C=O) groups excluding carboxylic acids is 2. The van der Waals surface area contributed by atoms with Crippen LogP contribution in [-0.4, -0.2) is 30.7 Å². The van der Waals surface area contributed by atoms with Gasteiger partial charge in [-0.3, -0.25) is 9.36 Å².